The highest BCUT2D eigenvalue weighted by molar-refractivity contribution is 7.05. The van der Waals surface area contributed by atoms with E-state index in [4.69, 9.17) is 5.84 Å². The monoisotopic (exact) mass is 270 g/mol. The van der Waals surface area contributed by atoms with Gasteiger partial charge in [-0.25, -0.2) is 5.43 Å². The van der Waals surface area contributed by atoms with Crippen molar-refractivity contribution in [3.05, 3.63) is 58.6 Å². The highest BCUT2D eigenvalue weighted by atomic mass is 32.1. The average Bonchev–Trinajstić information content (AvgIpc) is 2.86. The largest absolute Gasteiger partial charge is 0.271 e. The van der Waals surface area contributed by atoms with Gasteiger partial charge in [-0.1, -0.05) is 47.0 Å². The number of fused-ring (bicyclic) bond motifs is 1. The number of aryl methyl sites for hydroxylation is 1. The number of nitrogens with two attached hydrogens (primary N) is 1. The molecule has 3 aromatic rings. The van der Waals surface area contributed by atoms with Crippen molar-refractivity contribution in [3.8, 4) is 0 Å². The smallest absolute Gasteiger partial charge is 0.0843 e. The van der Waals surface area contributed by atoms with E-state index in [1.54, 1.807) is 0 Å². The van der Waals surface area contributed by atoms with Gasteiger partial charge in [-0.2, -0.15) is 0 Å². The minimum absolute atomic E-state index is 0.0777. The predicted octanol–water partition coefficient (Wildman–Crippen LogP) is 2.55. The summed E-state index contributed by atoms with van der Waals surface area (Å²) in [7, 11) is 0. The second-order valence-corrected chi connectivity index (χ2v) is 5.18. The van der Waals surface area contributed by atoms with Crippen LogP contribution in [-0.4, -0.2) is 9.59 Å². The molecule has 0 saturated heterocycles. The van der Waals surface area contributed by atoms with Gasteiger partial charge in [-0.05, 0) is 34.8 Å². The molecule has 1 aromatic heterocycles. The van der Waals surface area contributed by atoms with Crippen LogP contribution in [0.2, 0.25) is 0 Å². The third-order valence-corrected chi connectivity index (χ3v) is 4.14. The molecule has 0 bridgehead atoms. The number of aromatic nitrogens is 2. The summed E-state index contributed by atoms with van der Waals surface area (Å²) in [6.07, 6.45) is 0. The fourth-order valence-electron chi connectivity index (χ4n) is 2.31. The maximum absolute atomic E-state index is 5.76. The second-order valence-electron chi connectivity index (χ2n) is 4.39. The number of hydrazine groups is 1. The molecule has 0 aliphatic rings. The van der Waals surface area contributed by atoms with Crippen LogP contribution >= 0.6 is 11.5 Å². The zero-order valence-corrected chi connectivity index (χ0v) is 11.3. The molecule has 0 amide bonds. The molecule has 3 N–H and O–H groups in total. The van der Waals surface area contributed by atoms with Gasteiger partial charge in [0.25, 0.3) is 0 Å². The number of nitrogens with zero attached hydrogens (tertiary/aromatic N) is 2. The second kappa shape index (κ2) is 5.05. The lowest BCUT2D eigenvalue weighted by molar-refractivity contribution is 0.646. The van der Waals surface area contributed by atoms with E-state index in [1.165, 1.54) is 22.3 Å². The number of hydrogen-bond acceptors (Lipinski definition) is 5. The summed E-state index contributed by atoms with van der Waals surface area (Å²) in [4.78, 5) is 1.05. The van der Waals surface area contributed by atoms with Crippen LogP contribution < -0.4 is 11.3 Å². The lowest BCUT2D eigenvalue weighted by Gasteiger charge is -2.17. The maximum Gasteiger partial charge on any atom is 0.0843 e. The molecule has 5 heteroatoms. The maximum atomic E-state index is 5.76. The fraction of sp³-hybridized carbons (Fsp3) is 0.143. The number of nitrogens with one attached hydrogen (secondary N) is 1. The minimum atomic E-state index is -0.0777. The molecular formula is C14H14N4S. The summed E-state index contributed by atoms with van der Waals surface area (Å²) < 4.78 is 3.99. The molecule has 19 heavy (non-hydrogen) atoms. The lowest BCUT2D eigenvalue weighted by atomic mass is 9.97. The van der Waals surface area contributed by atoms with E-state index < -0.39 is 0 Å². The first-order valence-corrected chi connectivity index (χ1v) is 6.81. The predicted molar refractivity (Wildman–Crippen MR) is 77.8 cm³/mol. The zero-order chi connectivity index (χ0) is 13.2. The molecule has 0 saturated carbocycles. The highest BCUT2D eigenvalue weighted by Crippen LogP contribution is 2.31. The van der Waals surface area contributed by atoms with Crippen molar-refractivity contribution in [1.29, 1.82) is 0 Å². The van der Waals surface area contributed by atoms with Crippen molar-refractivity contribution < 1.29 is 0 Å². The Morgan fingerprint density at radius 3 is 2.68 bits per heavy atom. The van der Waals surface area contributed by atoms with Crippen LogP contribution in [0.3, 0.4) is 0 Å². The molecule has 0 spiro atoms. The van der Waals surface area contributed by atoms with Gasteiger partial charge in [-0.15, -0.1) is 5.10 Å². The number of benzene rings is 2. The van der Waals surface area contributed by atoms with E-state index in [0.717, 1.165) is 16.1 Å². The van der Waals surface area contributed by atoms with Crippen LogP contribution in [0.5, 0.6) is 0 Å². The van der Waals surface area contributed by atoms with E-state index in [9.17, 15) is 0 Å². The van der Waals surface area contributed by atoms with E-state index in [-0.39, 0.29) is 6.04 Å². The number of hydrogen-bond donors (Lipinski definition) is 2. The molecule has 0 aliphatic carbocycles. The quantitative estimate of drug-likeness (QED) is 0.567. The molecule has 4 nitrogen and oxygen atoms in total. The van der Waals surface area contributed by atoms with Crippen LogP contribution in [-0.2, 0) is 0 Å². The first kappa shape index (κ1) is 12.2. The summed E-state index contributed by atoms with van der Waals surface area (Å²) in [6, 6.07) is 14.4. The minimum Gasteiger partial charge on any atom is -0.271 e. The summed E-state index contributed by atoms with van der Waals surface area (Å²) in [6.45, 7) is 1.95. The average molecular weight is 270 g/mol. The van der Waals surface area contributed by atoms with Gasteiger partial charge in [-0.3, -0.25) is 5.84 Å². The van der Waals surface area contributed by atoms with Crippen molar-refractivity contribution in [1.82, 2.24) is 15.0 Å². The Bertz CT molecular complexity index is 702. The molecule has 1 atom stereocenters. The van der Waals surface area contributed by atoms with E-state index in [2.05, 4.69) is 39.3 Å². The molecular weight excluding hydrogens is 256 g/mol. The molecule has 96 valence electrons. The Labute approximate surface area is 115 Å². The molecule has 2 aromatic carbocycles. The summed E-state index contributed by atoms with van der Waals surface area (Å²) in [5, 5.41) is 6.46. The van der Waals surface area contributed by atoms with Crippen LogP contribution in [0.4, 0.5) is 0 Å². The Balaban J connectivity index is 2.20. The highest BCUT2D eigenvalue weighted by Gasteiger charge is 2.19. The Morgan fingerprint density at radius 1 is 1.16 bits per heavy atom. The van der Waals surface area contributed by atoms with Crippen molar-refractivity contribution in [2.75, 3.05) is 0 Å². The van der Waals surface area contributed by atoms with Crippen molar-refractivity contribution >= 4 is 22.3 Å². The van der Waals surface area contributed by atoms with Gasteiger partial charge >= 0.3 is 0 Å². The lowest BCUT2D eigenvalue weighted by Crippen LogP contribution is -2.28. The summed E-state index contributed by atoms with van der Waals surface area (Å²) in [5.41, 5.74) is 4.95. The Hall–Kier alpha value is -1.82. The molecule has 1 heterocycles. The van der Waals surface area contributed by atoms with Crippen molar-refractivity contribution in [2.45, 2.75) is 13.0 Å². The third-order valence-electron chi connectivity index (χ3n) is 3.25. The third kappa shape index (κ3) is 2.12. The molecule has 0 fully saturated rings. The van der Waals surface area contributed by atoms with Crippen LogP contribution in [0.15, 0.2) is 42.5 Å². The van der Waals surface area contributed by atoms with Crippen LogP contribution in [0.1, 0.15) is 22.2 Å². The standard InChI is InChI=1S/C14H14N4S/c1-9-14(19-18-17-9)13(16-15)12-8-4-6-10-5-2-3-7-11(10)12/h2-8,13,16H,15H2,1H3. The van der Waals surface area contributed by atoms with Crippen LogP contribution in [0.25, 0.3) is 10.8 Å². The van der Waals surface area contributed by atoms with Crippen molar-refractivity contribution in [3.63, 3.8) is 0 Å². The summed E-state index contributed by atoms with van der Waals surface area (Å²) in [5.74, 6) is 5.76. The molecule has 3 rings (SSSR count). The SMILES string of the molecule is Cc1nnsc1C(NN)c1cccc2ccccc12. The van der Waals surface area contributed by atoms with Gasteiger partial charge in [0.05, 0.1) is 16.6 Å². The number of rotatable bonds is 3. The fourth-order valence-corrected chi connectivity index (χ4v) is 3.04. The van der Waals surface area contributed by atoms with Gasteiger partial charge in [0.1, 0.15) is 0 Å². The Kier molecular flexibility index (Phi) is 3.25. The van der Waals surface area contributed by atoms with E-state index in [1.807, 2.05) is 25.1 Å². The summed E-state index contributed by atoms with van der Waals surface area (Å²) >= 11 is 1.38. The van der Waals surface area contributed by atoms with Gasteiger partial charge in [0.2, 0.25) is 0 Å². The van der Waals surface area contributed by atoms with Crippen molar-refractivity contribution in [2.24, 2.45) is 5.84 Å². The molecule has 0 radical (unpaired) electrons. The first-order valence-electron chi connectivity index (χ1n) is 6.04. The topological polar surface area (TPSA) is 63.8 Å². The van der Waals surface area contributed by atoms with E-state index >= 15 is 0 Å². The van der Waals surface area contributed by atoms with Gasteiger partial charge < -0.3 is 0 Å². The normalized spacial score (nSPS) is 12.7. The first-order chi connectivity index (χ1) is 9.31. The Morgan fingerprint density at radius 2 is 1.95 bits per heavy atom. The van der Waals surface area contributed by atoms with Gasteiger partial charge in [0.15, 0.2) is 0 Å². The van der Waals surface area contributed by atoms with Gasteiger partial charge in [0, 0.05) is 0 Å². The molecule has 1 unspecified atom stereocenters. The van der Waals surface area contributed by atoms with E-state index in [0.29, 0.717) is 0 Å². The zero-order valence-electron chi connectivity index (χ0n) is 10.5. The van der Waals surface area contributed by atoms with Crippen LogP contribution in [0, 0.1) is 6.92 Å². The molecule has 0 aliphatic heterocycles.